The number of nitrogens with zero attached hydrogens (tertiary/aromatic N) is 4. The van der Waals surface area contributed by atoms with Crippen LogP contribution in [0.15, 0.2) is 30.9 Å². The van der Waals surface area contributed by atoms with Crippen LogP contribution in [0.5, 0.6) is 0 Å². The van der Waals surface area contributed by atoms with Crippen LogP contribution in [0.4, 0.5) is 14.9 Å². The van der Waals surface area contributed by atoms with E-state index in [4.69, 9.17) is 4.74 Å². The highest BCUT2D eigenvalue weighted by atomic mass is 19.1. The Morgan fingerprint density at radius 3 is 3.00 bits per heavy atom. The van der Waals surface area contributed by atoms with E-state index in [0.717, 1.165) is 0 Å². The number of aromatic nitrogens is 3. The number of carbonyl (C=O) groups excluding carboxylic acids is 2. The van der Waals surface area contributed by atoms with Gasteiger partial charge in [-0.2, -0.15) is 5.10 Å². The number of hydrogen-bond acceptors (Lipinski definition) is 5. The zero-order valence-corrected chi connectivity index (χ0v) is 12.3. The van der Waals surface area contributed by atoms with Crippen molar-refractivity contribution in [1.29, 1.82) is 0 Å². The summed E-state index contributed by atoms with van der Waals surface area (Å²) >= 11 is 0. The number of benzene rings is 1. The fourth-order valence-electron chi connectivity index (χ4n) is 2.28. The monoisotopic (exact) mass is 319 g/mol. The Kier molecular flexibility index (Phi) is 3.92. The van der Waals surface area contributed by atoms with Crippen molar-refractivity contribution in [2.45, 2.75) is 13.0 Å². The molecule has 1 saturated heterocycles. The maximum atomic E-state index is 14.2. The van der Waals surface area contributed by atoms with Crippen LogP contribution in [0, 0.1) is 5.82 Å². The van der Waals surface area contributed by atoms with Crippen LogP contribution in [0.3, 0.4) is 0 Å². The average molecular weight is 319 g/mol. The minimum Gasteiger partial charge on any atom is -0.442 e. The molecular weight excluding hydrogens is 305 g/mol. The zero-order chi connectivity index (χ0) is 16.4. The average Bonchev–Trinajstić information content (AvgIpc) is 3.14. The van der Waals surface area contributed by atoms with Crippen molar-refractivity contribution in [2.24, 2.45) is 0 Å². The smallest absolute Gasteiger partial charge is 0.414 e. The summed E-state index contributed by atoms with van der Waals surface area (Å²) in [5.74, 6) is -0.742. The molecule has 0 saturated carbocycles. The highest BCUT2D eigenvalue weighted by molar-refractivity contribution is 5.90. The third-order valence-electron chi connectivity index (χ3n) is 3.36. The molecule has 1 atom stereocenters. The van der Waals surface area contributed by atoms with Crippen molar-refractivity contribution >= 4 is 17.7 Å². The number of nitrogens with one attached hydrogen (secondary N) is 1. The molecule has 2 heterocycles. The molecule has 9 heteroatoms. The predicted octanol–water partition coefficient (Wildman–Crippen LogP) is 0.868. The van der Waals surface area contributed by atoms with Crippen molar-refractivity contribution < 1.29 is 18.7 Å². The van der Waals surface area contributed by atoms with E-state index in [0.29, 0.717) is 5.69 Å². The minimum atomic E-state index is -0.576. The number of cyclic esters (lactones) is 1. The van der Waals surface area contributed by atoms with Crippen LogP contribution in [0.2, 0.25) is 0 Å². The van der Waals surface area contributed by atoms with Crippen molar-refractivity contribution in [3.63, 3.8) is 0 Å². The van der Waals surface area contributed by atoms with E-state index in [1.54, 1.807) is 6.07 Å². The normalized spacial score (nSPS) is 17.2. The second-order valence-electron chi connectivity index (χ2n) is 5.03. The fraction of sp³-hybridized carbons (Fsp3) is 0.286. The van der Waals surface area contributed by atoms with Gasteiger partial charge >= 0.3 is 6.09 Å². The highest BCUT2D eigenvalue weighted by Crippen LogP contribution is 2.25. The van der Waals surface area contributed by atoms with Gasteiger partial charge in [0.05, 0.1) is 18.8 Å². The molecule has 120 valence electrons. The number of halogens is 1. The Morgan fingerprint density at radius 2 is 2.35 bits per heavy atom. The van der Waals surface area contributed by atoms with E-state index in [2.05, 4.69) is 15.4 Å². The molecule has 0 aliphatic carbocycles. The number of amides is 2. The molecule has 0 spiro atoms. The van der Waals surface area contributed by atoms with Gasteiger partial charge < -0.3 is 10.1 Å². The number of rotatable bonds is 4. The number of anilines is 1. The molecule has 1 aromatic heterocycles. The molecule has 0 bridgehead atoms. The van der Waals surface area contributed by atoms with Gasteiger partial charge in [0.1, 0.15) is 24.4 Å². The third-order valence-corrected chi connectivity index (χ3v) is 3.36. The van der Waals surface area contributed by atoms with E-state index < -0.39 is 18.0 Å². The molecule has 1 unspecified atom stereocenters. The Bertz CT molecular complexity index is 734. The zero-order valence-electron chi connectivity index (χ0n) is 12.3. The first-order valence-corrected chi connectivity index (χ1v) is 6.91. The van der Waals surface area contributed by atoms with Crippen molar-refractivity contribution in [2.75, 3.05) is 18.0 Å². The number of hydrogen-bond donors (Lipinski definition) is 1. The van der Waals surface area contributed by atoms with Gasteiger partial charge in [0.15, 0.2) is 5.82 Å². The third kappa shape index (κ3) is 3.12. The molecule has 1 fully saturated rings. The summed E-state index contributed by atoms with van der Waals surface area (Å²) in [4.78, 5) is 27.9. The summed E-state index contributed by atoms with van der Waals surface area (Å²) in [6.45, 7) is 1.84. The van der Waals surface area contributed by atoms with Crippen LogP contribution < -0.4 is 10.2 Å². The molecule has 8 nitrogen and oxygen atoms in total. The molecule has 1 N–H and O–H groups in total. The van der Waals surface area contributed by atoms with Crippen LogP contribution in [0.1, 0.15) is 6.92 Å². The lowest BCUT2D eigenvalue weighted by atomic mass is 10.2. The summed E-state index contributed by atoms with van der Waals surface area (Å²) in [5.41, 5.74) is 0.607. The number of carbonyl (C=O) groups is 2. The quantitative estimate of drug-likeness (QED) is 0.903. The first-order valence-electron chi connectivity index (χ1n) is 6.91. The summed E-state index contributed by atoms with van der Waals surface area (Å²) < 4.78 is 20.7. The Labute approximate surface area is 130 Å². The van der Waals surface area contributed by atoms with Gasteiger partial charge in [-0.3, -0.25) is 9.69 Å². The lowest BCUT2D eigenvalue weighted by Crippen LogP contribution is -2.33. The molecule has 23 heavy (non-hydrogen) atoms. The molecule has 2 aromatic rings. The van der Waals surface area contributed by atoms with Gasteiger partial charge in [0, 0.05) is 6.92 Å². The summed E-state index contributed by atoms with van der Waals surface area (Å²) in [6.07, 6.45) is 1.64. The second-order valence-corrected chi connectivity index (χ2v) is 5.03. The van der Waals surface area contributed by atoms with E-state index in [1.165, 1.54) is 41.3 Å². The van der Waals surface area contributed by atoms with Crippen molar-refractivity contribution in [1.82, 2.24) is 20.1 Å². The second kappa shape index (κ2) is 6.03. The first-order chi connectivity index (χ1) is 11.0. The Balaban J connectivity index is 1.76. The lowest BCUT2D eigenvalue weighted by molar-refractivity contribution is -0.119. The molecule has 1 aromatic carbocycles. The van der Waals surface area contributed by atoms with E-state index >= 15 is 0 Å². The summed E-state index contributed by atoms with van der Waals surface area (Å²) in [5, 5.41) is 6.45. The molecule has 2 amide bonds. The van der Waals surface area contributed by atoms with Gasteiger partial charge in [0.25, 0.3) is 0 Å². The Hall–Kier alpha value is -2.97. The van der Waals surface area contributed by atoms with Gasteiger partial charge in [0.2, 0.25) is 5.91 Å². The van der Waals surface area contributed by atoms with Gasteiger partial charge in [-0.15, -0.1) is 0 Å². The standard InChI is InChI=1S/C14H14FN5O3/c1-9(21)17-5-11-6-19(14(22)23-11)10-2-3-13(12(15)4-10)20-8-16-7-18-20/h2-4,7-8,11H,5-6H2,1H3,(H,17,21). The Morgan fingerprint density at radius 1 is 1.52 bits per heavy atom. The maximum Gasteiger partial charge on any atom is 0.414 e. The largest absolute Gasteiger partial charge is 0.442 e. The number of ether oxygens (including phenoxy) is 1. The molecule has 0 radical (unpaired) electrons. The first kappa shape index (κ1) is 14.9. The fourth-order valence-corrected chi connectivity index (χ4v) is 2.28. The van der Waals surface area contributed by atoms with E-state index in [1.807, 2.05) is 0 Å². The molecule has 1 aliphatic heterocycles. The van der Waals surface area contributed by atoms with E-state index in [9.17, 15) is 14.0 Å². The van der Waals surface area contributed by atoms with E-state index in [-0.39, 0.29) is 24.7 Å². The van der Waals surface area contributed by atoms with Crippen LogP contribution in [-0.4, -0.2) is 46.0 Å². The van der Waals surface area contributed by atoms with Crippen molar-refractivity contribution in [3.8, 4) is 5.69 Å². The summed E-state index contributed by atoms with van der Waals surface area (Å²) in [6, 6.07) is 4.34. The SMILES string of the molecule is CC(=O)NCC1CN(c2ccc(-n3cncn3)c(F)c2)C(=O)O1. The van der Waals surface area contributed by atoms with Crippen LogP contribution >= 0.6 is 0 Å². The van der Waals surface area contributed by atoms with Crippen LogP contribution in [-0.2, 0) is 9.53 Å². The molecule has 1 aliphatic rings. The van der Waals surface area contributed by atoms with Crippen molar-refractivity contribution in [3.05, 3.63) is 36.7 Å². The predicted molar refractivity (Wildman–Crippen MR) is 77.6 cm³/mol. The summed E-state index contributed by atoms with van der Waals surface area (Å²) in [7, 11) is 0. The lowest BCUT2D eigenvalue weighted by Gasteiger charge is -2.14. The topological polar surface area (TPSA) is 89.4 Å². The van der Waals surface area contributed by atoms with Gasteiger partial charge in [-0.1, -0.05) is 0 Å². The highest BCUT2D eigenvalue weighted by Gasteiger charge is 2.32. The molecular formula is C14H14FN5O3. The van der Waals surface area contributed by atoms with Gasteiger partial charge in [-0.05, 0) is 18.2 Å². The molecule has 3 rings (SSSR count). The minimum absolute atomic E-state index is 0.206. The van der Waals surface area contributed by atoms with Gasteiger partial charge in [-0.25, -0.2) is 18.9 Å². The van der Waals surface area contributed by atoms with Crippen LogP contribution in [0.25, 0.3) is 5.69 Å². The maximum absolute atomic E-state index is 14.2.